The molecule has 0 fully saturated rings. The lowest BCUT2D eigenvalue weighted by molar-refractivity contribution is -0.123. The van der Waals surface area contributed by atoms with E-state index in [1.807, 2.05) is 0 Å². The number of phenols is 1. The van der Waals surface area contributed by atoms with Crippen LogP contribution in [0.3, 0.4) is 0 Å². The molecule has 0 saturated heterocycles. The average Bonchev–Trinajstić information content (AvgIpc) is 2.91. The number of fused-ring (bicyclic) bond motifs is 1. The highest BCUT2D eigenvalue weighted by molar-refractivity contribution is 6.31. The molecule has 0 aliphatic heterocycles. The third-order valence-corrected chi connectivity index (χ3v) is 4.83. The predicted octanol–water partition coefficient (Wildman–Crippen LogP) is 3.17. The number of hydrogen-bond donors (Lipinski definition) is 3. The molecule has 1 atom stereocenters. The number of carbonyl (C=O) groups excluding carboxylic acids is 2. The first-order valence-electron chi connectivity index (χ1n) is 8.38. The van der Waals surface area contributed by atoms with Gasteiger partial charge in [-0.15, -0.1) is 0 Å². The minimum Gasteiger partial charge on any atom is -0.508 e. The molecular formula is C20H19ClN2O4. The first-order valence-corrected chi connectivity index (χ1v) is 8.75. The summed E-state index contributed by atoms with van der Waals surface area (Å²) >= 11 is 6.02. The van der Waals surface area contributed by atoms with Crippen LogP contribution in [0.15, 0.2) is 42.5 Å². The van der Waals surface area contributed by atoms with Crippen molar-refractivity contribution in [1.82, 2.24) is 9.88 Å². The number of aromatic hydroxyl groups is 1. The van der Waals surface area contributed by atoms with E-state index in [9.17, 15) is 14.7 Å². The minimum atomic E-state index is -0.630. The molecule has 1 heterocycles. The molecule has 1 aromatic heterocycles. The number of benzene rings is 2. The number of hydrogen-bond acceptors (Lipinski definition) is 4. The highest BCUT2D eigenvalue weighted by atomic mass is 35.5. The van der Waals surface area contributed by atoms with Crippen molar-refractivity contribution >= 4 is 34.3 Å². The van der Waals surface area contributed by atoms with Gasteiger partial charge < -0.3 is 15.5 Å². The number of aliphatic hydroxyl groups is 1. The highest BCUT2D eigenvalue weighted by Crippen LogP contribution is 2.34. The third kappa shape index (κ3) is 3.41. The third-order valence-electron chi connectivity index (χ3n) is 4.59. The number of aliphatic hydroxyl groups excluding tert-OH is 1. The number of amides is 1. The van der Waals surface area contributed by atoms with Crippen molar-refractivity contribution in [2.24, 2.45) is 0 Å². The van der Waals surface area contributed by atoms with Gasteiger partial charge in [-0.05, 0) is 55.8 Å². The van der Waals surface area contributed by atoms with E-state index in [-0.39, 0.29) is 17.6 Å². The molecule has 0 aliphatic carbocycles. The van der Waals surface area contributed by atoms with Gasteiger partial charge in [0.15, 0.2) is 0 Å². The van der Waals surface area contributed by atoms with Crippen molar-refractivity contribution in [2.75, 3.05) is 6.73 Å². The summed E-state index contributed by atoms with van der Waals surface area (Å²) in [6.45, 7) is 2.95. The van der Waals surface area contributed by atoms with Gasteiger partial charge in [-0.25, -0.2) is 0 Å². The van der Waals surface area contributed by atoms with Crippen LogP contribution in [0, 0.1) is 6.92 Å². The van der Waals surface area contributed by atoms with E-state index in [0.29, 0.717) is 32.7 Å². The van der Waals surface area contributed by atoms with E-state index in [2.05, 4.69) is 5.32 Å². The van der Waals surface area contributed by atoms with Gasteiger partial charge in [-0.2, -0.15) is 0 Å². The molecule has 0 bridgehead atoms. The van der Waals surface area contributed by atoms with E-state index < -0.39 is 12.6 Å². The minimum absolute atomic E-state index is 0.0332. The van der Waals surface area contributed by atoms with E-state index in [0.717, 1.165) is 0 Å². The molecule has 0 spiro atoms. The van der Waals surface area contributed by atoms with Crippen molar-refractivity contribution in [3.8, 4) is 5.75 Å². The van der Waals surface area contributed by atoms with Crippen LogP contribution >= 0.6 is 11.6 Å². The maximum absolute atomic E-state index is 13.2. The normalized spacial score (nSPS) is 12.1. The smallest absolute Gasteiger partial charge is 0.262 e. The molecule has 140 valence electrons. The lowest BCUT2D eigenvalue weighted by atomic mass is 9.97. The Bertz CT molecular complexity index is 1040. The zero-order chi connectivity index (χ0) is 19.7. The van der Waals surface area contributed by atoms with Gasteiger partial charge in [0.05, 0.1) is 11.4 Å². The Kier molecular flexibility index (Phi) is 5.21. The first kappa shape index (κ1) is 18.9. The summed E-state index contributed by atoms with van der Waals surface area (Å²) in [5.74, 6) is -1.26. The van der Waals surface area contributed by atoms with Gasteiger partial charge in [0.25, 0.3) is 5.91 Å². The number of nitrogens with zero attached hydrogens (tertiary/aromatic N) is 1. The van der Waals surface area contributed by atoms with E-state index in [1.54, 1.807) is 44.2 Å². The number of halogens is 1. The Labute approximate surface area is 161 Å². The van der Waals surface area contributed by atoms with Gasteiger partial charge in [-0.1, -0.05) is 17.7 Å². The predicted molar refractivity (Wildman–Crippen MR) is 103 cm³/mol. The number of aromatic nitrogens is 1. The second-order valence-electron chi connectivity index (χ2n) is 6.27. The quantitative estimate of drug-likeness (QED) is 0.600. The molecule has 3 N–H and O–H groups in total. The molecule has 0 aliphatic rings. The maximum atomic E-state index is 13.2. The van der Waals surface area contributed by atoms with Crippen molar-refractivity contribution < 1.29 is 19.8 Å². The van der Waals surface area contributed by atoms with Gasteiger partial charge in [0.1, 0.15) is 12.5 Å². The fraction of sp³-hybridized carbons (Fsp3) is 0.200. The number of carbonyl (C=O) groups is 2. The van der Waals surface area contributed by atoms with Gasteiger partial charge in [-0.3, -0.25) is 14.2 Å². The topological polar surface area (TPSA) is 91.6 Å². The molecule has 1 amide bonds. The summed E-state index contributed by atoms with van der Waals surface area (Å²) < 4.78 is 1.51. The number of nitrogens with one attached hydrogen (secondary N) is 1. The summed E-state index contributed by atoms with van der Waals surface area (Å²) in [5.41, 5.74) is 2.19. The van der Waals surface area contributed by atoms with Crippen LogP contribution in [0.25, 0.3) is 10.9 Å². The molecule has 0 radical (unpaired) electrons. The molecular weight excluding hydrogens is 368 g/mol. The van der Waals surface area contributed by atoms with Crippen LogP contribution < -0.4 is 5.32 Å². The van der Waals surface area contributed by atoms with Crippen LogP contribution in [0.2, 0.25) is 5.02 Å². The largest absolute Gasteiger partial charge is 0.508 e. The Morgan fingerprint density at radius 1 is 1.22 bits per heavy atom. The molecule has 0 saturated carbocycles. The second kappa shape index (κ2) is 7.42. The second-order valence-corrected chi connectivity index (χ2v) is 6.71. The standard InChI is InChI=1S/C20H19ClN2O4/c1-11(19(26)22-10-24)18-12(2)23(17-7-6-15(25)9-16(17)18)20(27)13-4-3-5-14(21)8-13/h3-9,11,24-25H,10H2,1-2H3,(H,22,26)/t11-/m0/s1. The van der Waals surface area contributed by atoms with E-state index in [1.165, 1.54) is 16.7 Å². The maximum Gasteiger partial charge on any atom is 0.262 e. The number of rotatable bonds is 4. The summed E-state index contributed by atoms with van der Waals surface area (Å²) in [6, 6.07) is 11.3. The van der Waals surface area contributed by atoms with E-state index in [4.69, 9.17) is 16.7 Å². The summed E-state index contributed by atoms with van der Waals surface area (Å²) in [7, 11) is 0. The Balaban J connectivity index is 2.24. The molecule has 3 rings (SSSR count). The molecule has 7 heteroatoms. The lowest BCUT2D eigenvalue weighted by Gasteiger charge is -2.12. The fourth-order valence-electron chi connectivity index (χ4n) is 3.35. The van der Waals surface area contributed by atoms with Crippen molar-refractivity contribution in [3.05, 3.63) is 64.3 Å². The van der Waals surface area contributed by atoms with Crippen LogP contribution in [0.5, 0.6) is 5.75 Å². The van der Waals surface area contributed by atoms with Gasteiger partial charge in [0.2, 0.25) is 5.91 Å². The molecule has 27 heavy (non-hydrogen) atoms. The zero-order valence-electron chi connectivity index (χ0n) is 14.9. The summed E-state index contributed by atoms with van der Waals surface area (Å²) in [4.78, 5) is 25.4. The molecule has 2 aromatic carbocycles. The Morgan fingerprint density at radius 2 is 1.96 bits per heavy atom. The molecule has 6 nitrogen and oxygen atoms in total. The first-order chi connectivity index (χ1) is 12.8. The Morgan fingerprint density at radius 3 is 2.63 bits per heavy atom. The monoisotopic (exact) mass is 386 g/mol. The van der Waals surface area contributed by atoms with Crippen LogP contribution in [-0.2, 0) is 4.79 Å². The summed E-state index contributed by atoms with van der Waals surface area (Å²) in [6.07, 6.45) is 0. The lowest BCUT2D eigenvalue weighted by Crippen LogP contribution is -2.29. The average molecular weight is 387 g/mol. The summed E-state index contributed by atoms with van der Waals surface area (Å²) in [5, 5.41) is 22.3. The van der Waals surface area contributed by atoms with Crippen LogP contribution in [-0.4, -0.2) is 33.3 Å². The highest BCUT2D eigenvalue weighted by Gasteiger charge is 2.26. The van der Waals surface area contributed by atoms with Crippen molar-refractivity contribution in [2.45, 2.75) is 19.8 Å². The Hall–Kier alpha value is -2.83. The molecule has 0 unspecified atom stereocenters. The van der Waals surface area contributed by atoms with E-state index >= 15 is 0 Å². The van der Waals surface area contributed by atoms with Crippen LogP contribution in [0.4, 0.5) is 0 Å². The number of phenolic OH excluding ortho intramolecular Hbond substituents is 1. The molecule has 3 aromatic rings. The van der Waals surface area contributed by atoms with Crippen LogP contribution in [0.1, 0.15) is 34.5 Å². The van der Waals surface area contributed by atoms with Crippen molar-refractivity contribution in [3.63, 3.8) is 0 Å². The SMILES string of the molecule is Cc1c([C@H](C)C(=O)NCO)c2cc(O)ccc2n1C(=O)c1cccc(Cl)c1. The fourth-order valence-corrected chi connectivity index (χ4v) is 3.54. The van der Waals surface area contributed by atoms with Gasteiger partial charge >= 0.3 is 0 Å². The zero-order valence-corrected chi connectivity index (χ0v) is 15.6. The van der Waals surface area contributed by atoms with Gasteiger partial charge in [0, 0.05) is 21.7 Å². The van der Waals surface area contributed by atoms with Crippen molar-refractivity contribution in [1.29, 1.82) is 0 Å².